The van der Waals surface area contributed by atoms with Gasteiger partial charge in [0.15, 0.2) is 5.76 Å². The second-order valence-corrected chi connectivity index (χ2v) is 8.60. The molecule has 0 spiro atoms. The standard InChI is InChI=1S/C30H22N4O3/c1-4-16-33-19(2)23(20-10-6-8-13-25(20)33)18-31-34-29(32-24-12-7-5-11-21(24)30(34)35)28-17-22-26(36-3)14-9-15-27(22)37-28/h1,5-15,17-18H,16H2,2-3H3. The number of para-hydroxylation sites is 2. The fourth-order valence-electron chi connectivity index (χ4n) is 4.74. The minimum atomic E-state index is -0.297. The molecule has 0 amide bonds. The van der Waals surface area contributed by atoms with E-state index in [2.05, 4.69) is 15.6 Å². The lowest BCUT2D eigenvalue weighted by Crippen LogP contribution is -2.20. The Morgan fingerprint density at radius 2 is 1.84 bits per heavy atom. The van der Waals surface area contributed by atoms with E-state index >= 15 is 0 Å². The molecule has 6 rings (SSSR count). The van der Waals surface area contributed by atoms with E-state index in [-0.39, 0.29) is 5.56 Å². The topological polar surface area (TPSA) is 74.6 Å². The summed E-state index contributed by atoms with van der Waals surface area (Å²) in [5.74, 6) is 4.09. The van der Waals surface area contributed by atoms with Crippen molar-refractivity contribution in [2.24, 2.45) is 5.10 Å². The van der Waals surface area contributed by atoms with E-state index in [0.717, 1.165) is 27.5 Å². The van der Waals surface area contributed by atoms with Crippen LogP contribution >= 0.6 is 0 Å². The van der Waals surface area contributed by atoms with Crippen LogP contribution < -0.4 is 10.3 Å². The highest BCUT2D eigenvalue weighted by atomic mass is 16.5. The molecule has 0 saturated carbocycles. The molecule has 0 radical (unpaired) electrons. The van der Waals surface area contributed by atoms with Crippen LogP contribution in [0.1, 0.15) is 11.3 Å². The van der Waals surface area contributed by atoms with Gasteiger partial charge in [0.1, 0.15) is 11.3 Å². The molecule has 37 heavy (non-hydrogen) atoms. The predicted molar refractivity (Wildman–Crippen MR) is 146 cm³/mol. The monoisotopic (exact) mass is 486 g/mol. The van der Waals surface area contributed by atoms with Crippen molar-refractivity contribution in [2.75, 3.05) is 7.11 Å². The lowest BCUT2D eigenvalue weighted by atomic mass is 10.1. The van der Waals surface area contributed by atoms with Gasteiger partial charge in [0.25, 0.3) is 5.56 Å². The summed E-state index contributed by atoms with van der Waals surface area (Å²) in [5.41, 5.74) is 3.73. The molecule has 0 N–H and O–H groups in total. The Morgan fingerprint density at radius 3 is 2.65 bits per heavy atom. The van der Waals surface area contributed by atoms with Crippen LogP contribution in [0.2, 0.25) is 0 Å². The lowest BCUT2D eigenvalue weighted by Gasteiger charge is -2.07. The van der Waals surface area contributed by atoms with Gasteiger partial charge in [0.05, 0.1) is 36.2 Å². The van der Waals surface area contributed by atoms with Gasteiger partial charge in [-0.15, -0.1) is 6.42 Å². The molecular formula is C30H22N4O3. The molecule has 180 valence electrons. The van der Waals surface area contributed by atoms with Crippen molar-refractivity contribution in [1.29, 1.82) is 0 Å². The number of nitrogens with zero attached hydrogens (tertiary/aromatic N) is 4. The smallest absolute Gasteiger partial charge is 0.282 e. The second-order valence-electron chi connectivity index (χ2n) is 8.60. The van der Waals surface area contributed by atoms with Gasteiger partial charge >= 0.3 is 0 Å². The summed E-state index contributed by atoms with van der Waals surface area (Å²) in [7, 11) is 1.61. The van der Waals surface area contributed by atoms with Crippen molar-refractivity contribution in [3.05, 3.63) is 94.4 Å². The van der Waals surface area contributed by atoms with Crippen LogP contribution in [0.15, 0.2) is 87.1 Å². The van der Waals surface area contributed by atoms with Crippen LogP contribution in [-0.2, 0) is 6.54 Å². The zero-order chi connectivity index (χ0) is 25.5. The van der Waals surface area contributed by atoms with E-state index in [1.54, 1.807) is 25.5 Å². The summed E-state index contributed by atoms with van der Waals surface area (Å²) < 4.78 is 15.0. The Balaban J connectivity index is 1.60. The van der Waals surface area contributed by atoms with E-state index in [4.69, 9.17) is 20.6 Å². The van der Waals surface area contributed by atoms with Gasteiger partial charge < -0.3 is 13.7 Å². The number of methoxy groups -OCH3 is 1. The van der Waals surface area contributed by atoms with Crippen molar-refractivity contribution < 1.29 is 9.15 Å². The highest BCUT2D eigenvalue weighted by Gasteiger charge is 2.18. The third kappa shape index (κ3) is 3.58. The van der Waals surface area contributed by atoms with Gasteiger partial charge in [0.2, 0.25) is 5.82 Å². The Morgan fingerprint density at radius 1 is 1.05 bits per heavy atom. The number of hydrogen-bond acceptors (Lipinski definition) is 5. The summed E-state index contributed by atoms with van der Waals surface area (Å²) in [4.78, 5) is 18.4. The molecule has 0 saturated heterocycles. The molecule has 0 bridgehead atoms. The number of terminal acetylenes is 1. The minimum Gasteiger partial charge on any atom is -0.496 e. The van der Waals surface area contributed by atoms with Crippen LogP contribution in [0.3, 0.4) is 0 Å². The molecule has 0 fully saturated rings. The number of rotatable bonds is 5. The molecule has 3 aromatic heterocycles. The molecule has 0 atom stereocenters. The molecular weight excluding hydrogens is 464 g/mol. The molecule has 3 heterocycles. The predicted octanol–water partition coefficient (Wildman–Crippen LogP) is 5.60. The van der Waals surface area contributed by atoms with Crippen molar-refractivity contribution in [3.63, 3.8) is 0 Å². The Kier molecular flexibility index (Phi) is 5.35. The highest BCUT2D eigenvalue weighted by molar-refractivity contribution is 6.01. The summed E-state index contributed by atoms with van der Waals surface area (Å²) >= 11 is 0. The fourth-order valence-corrected chi connectivity index (χ4v) is 4.74. The van der Waals surface area contributed by atoms with Crippen LogP contribution in [-0.4, -0.2) is 27.6 Å². The number of fused-ring (bicyclic) bond motifs is 3. The first-order valence-corrected chi connectivity index (χ1v) is 11.7. The normalized spacial score (nSPS) is 11.6. The lowest BCUT2D eigenvalue weighted by molar-refractivity contribution is 0.419. The molecule has 0 aliphatic heterocycles. The van der Waals surface area contributed by atoms with Crippen molar-refractivity contribution in [2.45, 2.75) is 13.5 Å². The van der Waals surface area contributed by atoms with Crippen LogP contribution in [0, 0.1) is 19.3 Å². The number of hydrogen-bond donors (Lipinski definition) is 0. The first-order valence-electron chi connectivity index (χ1n) is 11.7. The van der Waals surface area contributed by atoms with Gasteiger partial charge in [0, 0.05) is 22.2 Å². The third-order valence-corrected chi connectivity index (χ3v) is 6.55. The zero-order valence-electron chi connectivity index (χ0n) is 20.3. The molecule has 0 unspecified atom stereocenters. The maximum absolute atomic E-state index is 13.6. The molecule has 7 nitrogen and oxygen atoms in total. The minimum absolute atomic E-state index is 0.295. The Hall–Kier alpha value is -5.09. The van der Waals surface area contributed by atoms with Gasteiger partial charge in [-0.25, -0.2) is 4.98 Å². The number of furan rings is 1. The summed E-state index contributed by atoms with van der Waals surface area (Å²) in [6.07, 6.45) is 7.32. The van der Waals surface area contributed by atoms with Gasteiger partial charge in [-0.05, 0) is 43.3 Å². The summed E-state index contributed by atoms with van der Waals surface area (Å²) in [5, 5.41) is 6.90. The zero-order valence-corrected chi connectivity index (χ0v) is 20.3. The second kappa shape index (κ2) is 8.85. The van der Waals surface area contributed by atoms with Gasteiger partial charge in [-0.1, -0.05) is 42.3 Å². The van der Waals surface area contributed by atoms with Gasteiger partial charge in [-0.3, -0.25) is 4.79 Å². The van der Waals surface area contributed by atoms with E-state index in [0.29, 0.717) is 40.4 Å². The number of aromatic nitrogens is 3. The van der Waals surface area contributed by atoms with Crippen LogP contribution in [0.25, 0.3) is 44.4 Å². The van der Waals surface area contributed by atoms with E-state index in [1.807, 2.05) is 67.6 Å². The molecule has 3 aromatic carbocycles. The fraction of sp³-hybridized carbons (Fsp3) is 0.100. The first kappa shape index (κ1) is 22.4. The van der Waals surface area contributed by atoms with Gasteiger partial charge in [-0.2, -0.15) is 9.78 Å². The Labute approximate surface area is 212 Å². The molecule has 7 heteroatoms. The number of ether oxygens (including phenoxy) is 1. The van der Waals surface area contributed by atoms with E-state index in [9.17, 15) is 4.79 Å². The highest BCUT2D eigenvalue weighted by Crippen LogP contribution is 2.33. The molecule has 0 aliphatic rings. The van der Waals surface area contributed by atoms with Crippen LogP contribution in [0.5, 0.6) is 5.75 Å². The maximum atomic E-state index is 13.6. The van der Waals surface area contributed by atoms with Crippen LogP contribution in [0.4, 0.5) is 0 Å². The van der Waals surface area contributed by atoms with Crippen molar-refractivity contribution in [1.82, 2.24) is 14.2 Å². The third-order valence-electron chi connectivity index (χ3n) is 6.55. The van der Waals surface area contributed by atoms with E-state index in [1.165, 1.54) is 4.68 Å². The first-order chi connectivity index (χ1) is 18.1. The quantitative estimate of drug-likeness (QED) is 0.235. The SMILES string of the molecule is C#CCn1c(C)c(C=Nn2c(-c3cc4c(OC)cccc4o3)nc3ccccc3c2=O)c2ccccc21. The summed E-state index contributed by atoms with van der Waals surface area (Å²) in [6, 6.07) is 22.5. The molecule has 6 aromatic rings. The Bertz CT molecular complexity index is 1950. The number of benzene rings is 3. The largest absolute Gasteiger partial charge is 0.496 e. The maximum Gasteiger partial charge on any atom is 0.282 e. The van der Waals surface area contributed by atoms with Crippen molar-refractivity contribution >= 4 is 39.0 Å². The van der Waals surface area contributed by atoms with Crippen molar-refractivity contribution in [3.8, 4) is 29.7 Å². The average Bonchev–Trinajstić information content (AvgIpc) is 3.48. The molecule has 0 aliphatic carbocycles. The van der Waals surface area contributed by atoms with E-state index < -0.39 is 0 Å². The average molecular weight is 487 g/mol. The summed E-state index contributed by atoms with van der Waals surface area (Å²) in [6.45, 7) is 2.43.